The first-order valence-corrected chi connectivity index (χ1v) is 6.02. The molecule has 5 nitrogen and oxygen atoms in total. The van der Waals surface area contributed by atoms with Crippen LogP contribution in [0.3, 0.4) is 0 Å². The molecule has 0 amide bonds. The molecule has 17 heavy (non-hydrogen) atoms. The monoisotopic (exact) mass is 239 g/mol. The van der Waals surface area contributed by atoms with Gasteiger partial charge < -0.3 is 9.67 Å². The summed E-state index contributed by atoms with van der Waals surface area (Å²) in [6, 6.07) is -0.526. The van der Waals surface area contributed by atoms with E-state index in [1.807, 2.05) is 24.6 Å². The predicted octanol–water partition coefficient (Wildman–Crippen LogP) is 1.49. The summed E-state index contributed by atoms with van der Waals surface area (Å²) in [6.07, 6.45) is 4.71. The van der Waals surface area contributed by atoms with Gasteiger partial charge in [0, 0.05) is 18.9 Å². The molecule has 0 spiro atoms. The maximum atomic E-state index is 11.0. The van der Waals surface area contributed by atoms with Gasteiger partial charge in [0.1, 0.15) is 11.9 Å². The van der Waals surface area contributed by atoms with Crippen LogP contribution in [0.4, 0.5) is 0 Å². The lowest BCUT2D eigenvalue weighted by Crippen LogP contribution is -2.40. The molecular weight excluding hydrogens is 218 g/mol. The number of hydrogen-bond acceptors (Lipinski definition) is 3. The molecule has 1 atom stereocenters. The van der Waals surface area contributed by atoms with Gasteiger partial charge in [0.15, 0.2) is 0 Å². The first-order chi connectivity index (χ1) is 8.06. The molecule has 2 N–H and O–H groups in total. The standard InChI is InChI=1S/C12H21N3O2/c1-4-6-15-7-5-13-10(15)8-14-11(9(2)3)12(16)17/h5,7,9,11,14H,4,6,8H2,1-3H3,(H,16,17). The number of carboxylic acids is 1. The Morgan fingerprint density at radius 3 is 2.82 bits per heavy atom. The summed E-state index contributed by atoms with van der Waals surface area (Å²) in [5.74, 6) is 0.134. The zero-order chi connectivity index (χ0) is 12.8. The Bertz CT molecular complexity index is 360. The van der Waals surface area contributed by atoms with Gasteiger partial charge in [-0.3, -0.25) is 10.1 Å². The van der Waals surface area contributed by atoms with Gasteiger partial charge in [0.2, 0.25) is 0 Å². The molecule has 0 aliphatic rings. The fourth-order valence-electron chi connectivity index (χ4n) is 1.76. The van der Waals surface area contributed by atoms with Crippen molar-refractivity contribution < 1.29 is 9.90 Å². The molecule has 0 aromatic carbocycles. The number of carbonyl (C=O) groups is 1. The van der Waals surface area contributed by atoms with Crippen molar-refractivity contribution in [2.75, 3.05) is 0 Å². The van der Waals surface area contributed by atoms with E-state index < -0.39 is 12.0 Å². The fraction of sp³-hybridized carbons (Fsp3) is 0.667. The van der Waals surface area contributed by atoms with E-state index in [-0.39, 0.29) is 5.92 Å². The Morgan fingerprint density at radius 1 is 1.59 bits per heavy atom. The first-order valence-electron chi connectivity index (χ1n) is 6.02. The van der Waals surface area contributed by atoms with E-state index in [0.29, 0.717) is 6.54 Å². The molecule has 1 aromatic rings. The Morgan fingerprint density at radius 2 is 2.29 bits per heavy atom. The lowest BCUT2D eigenvalue weighted by Gasteiger charge is -2.18. The Labute approximate surface area is 102 Å². The van der Waals surface area contributed by atoms with Gasteiger partial charge in [-0.15, -0.1) is 0 Å². The summed E-state index contributed by atoms with van der Waals surface area (Å²) in [5, 5.41) is 12.1. The second-order valence-electron chi connectivity index (χ2n) is 4.48. The molecule has 1 aromatic heterocycles. The maximum absolute atomic E-state index is 11.0. The minimum atomic E-state index is -0.811. The summed E-state index contributed by atoms with van der Waals surface area (Å²) in [6.45, 7) is 7.29. The number of carboxylic acid groups (broad SMARTS) is 1. The van der Waals surface area contributed by atoms with Crippen LogP contribution in [0.5, 0.6) is 0 Å². The minimum absolute atomic E-state index is 0.0575. The highest BCUT2D eigenvalue weighted by atomic mass is 16.4. The van der Waals surface area contributed by atoms with E-state index in [1.165, 1.54) is 0 Å². The molecule has 0 bridgehead atoms. The lowest BCUT2D eigenvalue weighted by atomic mass is 10.1. The largest absolute Gasteiger partial charge is 0.480 e. The second-order valence-corrected chi connectivity index (χ2v) is 4.48. The number of aryl methyl sites for hydroxylation is 1. The fourth-order valence-corrected chi connectivity index (χ4v) is 1.76. The number of imidazole rings is 1. The van der Waals surface area contributed by atoms with Crippen molar-refractivity contribution in [2.45, 2.75) is 46.3 Å². The quantitative estimate of drug-likeness (QED) is 0.756. The highest BCUT2D eigenvalue weighted by Crippen LogP contribution is 2.04. The van der Waals surface area contributed by atoms with Crippen LogP contribution in [0.15, 0.2) is 12.4 Å². The molecule has 0 saturated heterocycles. The molecule has 1 heterocycles. The number of aliphatic carboxylic acids is 1. The van der Waals surface area contributed by atoms with Crippen LogP contribution in [0.1, 0.15) is 33.0 Å². The third-order valence-electron chi connectivity index (χ3n) is 2.68. The van der Waals surface area contributed by atoms with Crippen LogP contribution in [0.2, 0.25) is 0 Å². The Hall–Kier alpha value is -1.36. The van der Waals surface area contributed by atoms with Gasteiger partial charge in [-0.05, 0) is 12.3 Å². The van der Waals surface area contributed by atoms with Gasteiger partial charge in [-0.1, -0.05) is 20.8 Å². The van der Waals surface area contributed by atoms with Crippen LogP contribution in [0, 0.1) is 5.92 Å². The van der Waals surface area contributed by atoms with E-state index in [1.54, 1.807) is 6.20 Å². The third-order valence-corrected chi connectivity index (χ3v) is 2.68. The SMILES string of the molecule is CCCn1ccnc1CNC(C(=O)O)C(C)C. The van der Waals surface area contributed by atoms with Gasteiger partial charge >= 0.3 is 5.97 Å². The number of nitrogens with zero attached hydrogens (tertiary/aromatic N) is 2. The van der Waals surface area contributed by atoms with Crippen molar-refractivity contribution in [1.82, 2.24) is 14.9 Å². The zero-order valence-corrected chi connectivity index (χ0v) is 10.7. The molecule has 1 rings (SSSR count). The summed E-state index contributed by atoms with van der Waals surface area (Å²) in [4.78, 5) is 15.3. The van der Waals surface area contributed by atoms with Crippen molar-refractivity contribution in [2.24, 2.45) is 5.92 Å². The highest BCUT2D eigenvalue weighted by Gasteiger charge is 2.20. The van der Waals surface area contributed by atoms with Crippen LogP contribution in [-0.4, -0.2) is 26.7 Å². The zero-order valence-electron chi connectivity index (χ0n) is 10.7. The molecule has 1 unspecified atom stereocenters. The maximum Gasteiger partial charge on any atom is 0.320 e. The molecule has 0 radical (unpaired) electrons. The van der Waals surface area contributed by atoms with Crippen molar-refractivity contribution >= 4 is 5.97 Å². The van der Waals surface area contributed by atoms with Crippen molar-refractivity contribution in [3.05, 3.63) is 18.2 Å². The molecule has 5 heteroatoms. The van der Waals surface area contributed by atoms with Crippen molar-refractivity contribution in [3.8, 4) is 0 Å². The Balaban J connectivity index is 2.59. The Kier molecular flexibility index (Phi) is 5.15. The summed E-state index contributed by atoms with van der Waals surface area (Å²) < 4.78 is 2.05. The molecule has 0 aliphatic carbocycles. The van der Waals surface area contributed by atoms with Gasteiger partial charge in [-0.2, -0.15) is 0 Å². The molecule has 0 fully saturated rings. The smallest absolute Gasteiger partial charge is 0.320 e. The lowest BCUT2D eigenvalue weighted by molar-refractivity contribution is -0.140. The topological polar surface area (TPSA) is 67.2 Å². The molecule has 0 saturated carbocycles. The number of aromatic nitrogens is 2. The van der Waals surface area contributed by atoms with Crippen LogP contribution < -0.4 is 5.32 Å². The molecule has 96 valence electrons. The van der Waals surface area contributed by atoms with E-state index in [9.17, 15) is 4.79 Å². The highest BCUT2D eigenvalue weighted by molar-refractivity contribution is 5.73. The third kappa shape index (κ3) is 3.85. The van der Waals surface area contributed by atoms with Gasteiger partial charge in [0.05, 0.1) is 6.54 Å². The number of hydrogen-bond donors (Lipinski definition) is 2. The van der Waals surface area contributed by atoms with E-state index in [0.717, 1.165) is 18.8 Å². The summed E-state index contributed by atoms with van der Waals surface area (Å²) >= 11 is 0. The number of rotatable bonds is 7. The van der Waals surface area contributed by atoms with E-state index in [4.69, 9.17) is 5.11 Å². The summed E-state index contributed by atoms with van der Waals surface area (Å²) in [7, 11) is 0. The van der Waals surface area contributed by atoms with Gasteiger partial charge in [0.25, 0.3) is 0 Å². The molecule has 0 aliphatic heterocycles. The van der Waals surface area contributed by atoms with Crippen LogP contribution in [-0.2, 0) is 17.9 Å². The van der Waals surface area contributed by atoms with Crippen LogP contribution >= 0.6 is 0 Å². The van der Waals surface area contributed by atoms with Crippen LogP contribution in [0.25, 0.3) is 0 Å². The summed E-state index contributed by atoms with van der Waals surface area (Å²) in [5.41, 5.74) is 0. The normalized spacial score (nSPS) is 12.9. The average molecular weight is 239 g/mol. The van der Waals surface area contributed by atoms with Gasteiger partial charge in [-0.25, -0.2) is 4.98 Å². The van der Waals surface area contributed by atoms with E-state index >= 15 is 0 Å². The predicted molar refractivity (Wildman–Crippen MR) is 65.6 cm³/mol. The second kappa shape index (κ2) is 6.39. The van der Waals surface area contributed by atoms with Crippen molar-refractivity contribution in [3.63, 3.8) is 0 Å². The minimum Gasteiger partial charge on any atom is -0.480 e. The van der Waals surface area contributed by atoms with Crippen molar-refractivity contribution in [1.29, 1.82) is 0 Å². The molecular formula is C12H21N3O2. The average Bonchev–Trinajstić information content (AvgIpc) is 2.65. The number of nitrogens with one attached hydrogen (secondary N) is 1. The first kappa shape index (κ1) is 13.7. The van der Waals surface area contributed by atoms with E-state index in [2.05, 4.69) is 17.2 Å².